The molecule has 1 aliphatic rings. The van der Waals surface area contributed by atoms with Gasteiger partial charge in [-0.05, 0) is 37.6 Å². The van der Waals surface area contributed by atoms with Gasteiger partial charge < -0.3 is 9.30 Å². The highest BCUT2D eigenvalue weighted by Crippen LogP contribution is 2.27. The van der Waals surface area contributed by atoms with E-state index in [2.05, 4.69) is 51.8 Å². The molecule has 1 fully saturated rings. The first-order valence-electron chi connectivity index (χ1n) is 9.99. The number of hydrogen-bond donors (Lipinski definition) is 0. The smallest absolute Gasteiger partial charge is 0.122 e. The molecule has 2 aromatic heterocycles. The third-order valence-corrected chi connectivity index (χ3v) is 5.60. The molecule has 0 N–H and O–H groups in total. The summed E-state index contributed by atoms with van der Waals surface area (Å²) in [4.78, 5) is 12.0. The molecule has 3 heterocycles. The van der Waals surface area contributed by atoms with Crippen LogP contribution >= 0.6 is 0 Å². The van der Waals surface area contributed by atoms with Crippen molar-refractivity contribution in [3.8, 4) is 5.75 Å². The average molecular weight is 377 g/mol. The van der Waals surface area contributed by atoms with Crippen molar-refractivity contribution in [1.29, 1.82) is 0 Å². The number of hydrogen-bond acceptors (Lipinski definition) is 4. The zero-order valence-corrected chi connectivity index (χ0v) is 16.7. The molecule has 5 nitrogen and oxygen atoms in total. The van der Waals surface area contributed by atoms with Crippen LogP contribution in [-0.2, 0) is 20.0 Å². The van der Waals surface area contributed by atoms with Crippen LogP contribution in [0.5, 0.6) is 5.75 Å². The number of aromatic nitrogens is 3. The van der Waals surface area contributed by atoms with Gasteiger partial charge in [-0.2, -0.15) is 0 Å². The van der Waals surface area contributed by atoms with Gasteiger partial charge in [0.05, 0.1) is 13.7 Å². The number of likely N-dealkylation sites (tertiary alicyclic amines) is 1. The standard InChI is InChI=1S/C23H28N4O/c1-26-14-12-24-23(26)17-27-13-6-8-19(16-27)21-10-5-9-20(25-21)15-18-7-3-4-11-22(18)28-2/h3-5,7,9-12,14,19H,6,8,13,15-17H2,1-2H3. The number of benzene rings is 1. The van der Waals surface area contributed by atoms with E-state index in [0.717, 1.165) is 43.3 Å². The minimum absolute atomic E-state index is 0.478. The van der Waals surface area contributed by atoms with E-state index in [9.17, 15) is 0 Å². The highest BCUT2D eigenvalue weighted by atomic mass is 16.5. The molecule has 0 radical (unpaired) electrons. The largest absolute Gasteiger partial charge is 0.496 e. The zero-order chi connectivity index (χ0) is 19.3. The molecule has 1 saturated heterocycles. The lowest BCUT2D eigenvalue weighted by atomic mass is 9.94. The third-order valence-electron chi connectivity index (χ3n) is 5.60. The Morgan fingerprint density at radius 2 is 2.04 bits per heavy atom. The van der Waals surface area contributed by atoms with Crippen LogP contribution in [0.4, 0.5) is 0 Å². The summed E-state index contributed by atoms with van der Waals surface area (Å²) in [6.07, 6.45) is 7.08. The Morgan fingerprint density at radius 1 is 1.14 bits per heavy atom. The van der Waals surface area contributed by atoms with E-state index in [1.165, 1.54) is 24.1 Å². The maximum absolute atomic E-state index is 5.50. The van der Waals surface area contributed by atoms with E-state index < -0.39 is 0 Å². The van der Waals surface area contributed by atoms with Gasteiger partial charge in [-0.15, -0.1) is 0 Å². The zero-order valence-electron chi connectivity index (χ0n) is 16.7. The number of nitrogens with zero attached hydrogens (tertiary/aromatic N) is 4. The molecule has 0 spiro atoms. The van der Waals surface area contributed by atoms with E-state index in [-0.39, 0.29) is 0 Å². The number of pyridine rings is 1. The molecule has 0 aliphatic carbocycles. The molecular formula is C23H28N4O. The van der Waals surface area contributed by atoms with Gasteiger partial charge in [0.25, 0.3) is 0 Å². The SMILES string of the molecule is COc1ccccc1Cc1cccc(C2CCCN(Cc3nccn3C)C2)n1. The topological polar surface area (TPSA) is 43.2 Å². The molecule has 0 saturated carbocycles. The number of aryl methyl sites for hydroxylation is 1. The summed E-state index contributed by atoms with van der Waals surface area (Å²) >= 11 is 0. The van der Waals surface area contributed by atoms with E-state index >= 15 is 0 Å². The monoisotopic (exact) mass is 376 g/mol. The van der Waals surface area contributed by atoms with Crippen LogP contribution < -0.4 is 4.74 Å². The molecule has 28 heavy (non-hydrogen) atoms. The van der Waals surface area contributed by atoms with E-state index in [0.29, 0.717) is 5.92 Å². The maximum Gasteiger partial charge on any atom is 0.122 e. The van der Waals surface area contributed by atoms with Gasteiger partial charge in [0, 0.05) is 55.3 Å². The Kier molecular flexibility index (Phi) is 5.72. The maximum atomic E-state index is 5.50. The predicted molar refractivity (Wildman–Crippen MR) is 110 cm³/mol. The van der Waals surface area contributed by atoms with E-state index in [4.69, 9.17) is 9.72 Å². The fraction of sp³-hybridized carbons (Fsp3) is 0.391. The van der Waals surface area contributed by atoms with Crippen molar-refractivity contribution in [1.82, 2.24) is 19.4 Å². The summed E-state index contributed by atoms with van der Waals surface area (Å²) in [6, 6.07) is 14.6. The first-order valence-corrected chi connectivity index (χ1v) is 9.99. The van der Waals surface area contributed by atoms with Crippen molar-refractivity contribution in [2.24, 2.45) is 7.05 Å². The van der Waals surface area contributed by atoms with Crippen LogP contribution in [0, 0.1) is 0 Å². The second-order valence-corrected chi connectivity index (χ2v) is 7.57. The Bertz CT molecular complexity index is 920. The van der Waals surface area contributed by atoms with Gasteiger partial charge in [0.2, 0.25) is 0 Å². The summed E-state index contributed by atoms with van der Waals surface area (Å²) in [6.45, 7) is 3.07. The van der Waals surface area contributed by atoms with Gasteiger partial charge in [-0.1, -0.05) is 24.3 Å². The van der Waals surface area contributed by atoms with Crippen molar-refractivity contribution >= 4 is 0 Å². The number of methoxy groups -OCH3 is 1. The summed E-state index contributed by atoms with van der Waals surface area (Å²) in [7, 11) is 3.79. The lowest BCUT2D eigenvalue weighted by molar-refractivity contribution is 0.192. The van der Waals surface area contributed by atoms with Crippen molar-refractivity contribution in [2.45, 2.75) is 31.7 Å². The molecule has 1 aromatic carbocycles. The quantitative estimate of drug-likeness (QED) is 0.656. The highest BCUT2D eigenvalue weighted by molar-refractivity contribution is 5.36. The Morgan fingerprint density at radius 3 is 2.86 bits per heavy atom. The minimum atomic E-state index is 0.478. The lowest BCUT2D eigenvalue weighted by Gasteiger charge is -2.32. The van der Waals surface area contributed by atoms with Crippen LogP contribution in [0.3, 0.4) is 0 Å². The predicted octanol–water partition coefficient (Wildman–Crippen LogP) is 3.79. The Labute approximate surface area is 167 Å². The first kappa shape index (κ1) is 18.7. The molecule has 0 bridgehead atoms. The molecule has 0 amide bonds. The molecular weight excluding hydrogens is 348 g/mol. The number of rotatable bonds is 6. The van der Waals surface area contributed by atoms with Crippen LogP contribution in [0.25, 0.3) is 0 Å². The minimum Gasteiger partial charge on any atom is -0.496 e. The van der Waals surface area contributed by atoms with Gasteiger partial charge in [-0.25, -0.2) is 4.98 Å². The molecule has 146 valence electrons. The third kappa shape index (κ3) is 4.25. The van der Waals surface area contributed by atoms with Crippen molar-refractivity contribution < 1.29 is 4.74 Å². The van der Waals surface area contributed by atoms with Crippen LogP contribution in [0.2, 0.25) is 0 Å². The van der Waals surface area contributed by atoms with Gasteiger partial charge >= 0.3 is 0 Å². The average Bonchev–Trinajstić information content (AvgIpc) is 3.13. The second kappa shape index (κ2) is 8.57. The highest BCUT2D eigenvalue weighted by Gasteiger charge is 2.23. The number of para-hydroxylation sites is 1. The van der Waals surface area contributed by atoms with Crippen molar-refractivity contribution in [3.05, 3.63) is 77.6 Å². The molecule has 3 aromatic rings. The number of imidazole rings is 1. The first-order chi connectivity index (χ1) is 13.7. The molecule has 1 unspecified atom stereocenters. The van der Waals surface area contributed by atoms with Gasteiger partial charge in [-0.3, -0.25) is 9.88 Å². The Hall–Kier alpha value is -2.66. The molecule has 1 aliphatic heterocycles. The van der Waals surface area contributed by atoms with E-state index in [1.807, 2.05) is 24.5 Å². The summed E-state index contributed by atoms with van der Waals surface area (Å²) in [5.74, 6) is 2.53. The molecule has 1 atom stereocenters. The van der Waals surface area contributed by atoms with Crippen molar-refractivity contribution in [2.75, 3.05) is 20.2 Å². The number of ether oxygens (including phenoxy) is 1. The van der Waals surface area contributed by atoms with Gasteiger partial charge in [0.1, 0.15) is 11.6 Å². The number of piperidine rings is 1. The van der Waals surface area contributed by atoms with E-state index in [1.54, 1.807) is 7.11 Å². The fourth-order valence-corrected chi connectivity index (χ4v) is 4.06. The summed E-state index contributed by atoms with van der Waals surface area (Å²) < 4.78 is 7.60. The molecule has 5 heteroatoms. The van der Waals surface area contributed by atoms with Crippen LogP contribution in [0.15, 0.2) is 54.9 Å². The van der Waals surface area contributed by atoms with Crippen molar-refractivity contribution in [3.63, 3.8) is 0 Å². The molecule has 4 rings (SSSR count). The van der Waals surface area contributed by atoms with Crippen LogP contribution in [-0.4, -0.2) is 39.6 Å². The summed E-state index contributed by atoms with van der Waals surface area (Å²) in [5.41, 5.74) is 3.48. The normalized spacial score (nSPS) is 17.6. The fourth-order valence-electron chi connectivity index (χ4n) is 4.06. The Balaban J connectivity index is 1.47. The van der Waals surface area contributed by atoms with Crippen LogP contribution in [0.1, 0.15) is 41.5 Å². The van der Waals surface area contributed by atoms with Gasteiger partial charge in [0.15, 0.2) is 0 Å². The summed E-state index contributed by atoms with van der Waals surface area (Å²) in [5, 5.41) is 0. The second-order valence-electron chi connectivity index (χ2n) is 7.57. The lowest BCUT2D eigenvalue weighted by Crippen LogP contribution is -2.35.